The van der Waals surface area contributed by atoms with Crippen molar-refractivity contribution in [2.24, 2.45) is 5.73 Å². The van der Waals surface area contributed by atoms with Crippen LogP contribution in [0.5, 0.6) is 5.75 Å². The number of ether oxygens (including phenoxy) is 1. The molecule has 0 aliphatic heterocycles. The van der Waals surface area contributed by atoms with Crippen LogP contribution in [0.2, 0.25) is 0 Å². The highest BCUT2D eigenvalue weighted by molar-refractivity contribution is 5.29. The van der Waals surface area contributed by atoms with Crippen LogP contribution in [0.3, 0.4) is 0 Å². The van der Waals surface area contributed by atoms with Crippen molar-refractivity contribution in [1.29, 1.82) is 0 Å². The van der Waals surface area contributed by atoms with E-state index in [-0.39, 0.29) is 12.1 Å². The molecule has 0 saturated carbocycles. The molecule has 0 radical (unpaired) electrons. The van der Waals surface area contributed by atoms with Gasteiger partial charge in [0.25, 0.3) is 0 Å². The van der Waals surface area contributed by atoms with E-state index < -0.39 is 0 Å². The van der Waals surface area contributed by atoms with E-state index in [9.17, 15) is 0 Å². The van der Waals surface area contributed by atoms with Crippen LogP contribution in [0.15, 0.2) is 24.3 Å². The standard InChI is InChI=1S/C13H21NO/c1-4-5-13(14)11-6-8-12(9-7-11)15-10(2)3/h6-10,13H,4-5,14H2,1-3H3. The first kappa shape index (κ1) is 12.1. The summed E-state index contributed by atoms with van der Waals surface area (Å²) in [5, 5.41) is 0. The number of rotatable bonds is 5. The van der Waals surface area contributed by atoms with Gasteiger partial charge >= 0.3 is 0 Å². The molecule has 0 amide bonds. The molecule has 1 aromatic rings. The van der Waals surface area contributed by atoms with Gasteiger partial charge in [0.2, 0.25) is 0 Å². The van der Waals surface area contributed by atoms with E-state index in [0.29, 0.717) is 0 Å². The van der Waals surface area contributed by atoms with Crippen LogP contribution < -0.4 is 10.5 Å². The molecule has 0 fully saturated rings. The second kappa shape index (κ2) is 5.76. The summed E-state index contributed by atoms with van der Waals surface area (Å²) in [5.74, 6) is 0.914. The lowest BCUT2D eigenvalue weighted by Crippen LogP contribution is -2.10. The van der Waals surface area contributed by atoms with Gasteiger partial charge in [0, 0.05) is 6.04 Å². The van der Waals surface area contributed by atoms with Crippen molar-refractivity contribution in [2.45, 2.75) is 45.8 Å². The average Bonchev–Trinajstić information content (AvgIpc) is 2.18. The van der Waals surface area contributed by atoms with Gasteiger partial charge in [0.15, 0.2) is 0 Å². The van der Waals surface area contributed by atoms with Crippen molar-refractivity contribution in [2.75, 3.05) is 0 Å². The Hall–Kier alpha value is -1.02. The zero-order valence-electron chi connectivity index (χ0n) is 9.86. The maximum atomic E-state index is 6.02. The Morgan fingerprint density at radius 1 is 1.20 bits per heavy atom. The van der Waals surface area contributed by atoms with E-state index in [2.05, 4.69) is 19.1 Å². The normalized spacial score (nSPS) is 12.9. The Bertz CT molecular complexity index is 279. The third-order valence-electron chi connectivity index (χ3n) is 2.28. The molecule has 1 aromatic carbocycles. The molecule has 0 spiro atoms. The zero-order chi connectivity index (χ0) is 11.3. The molecule has 0 aromatic heterocycles. The molecule has 1 unspecified atom stereocenters. The van der Waals surface area contributed by atoms with Crippen LogP contribution in [-0.2, 0) is 0 Å². The fourth-order valence-corrected chi connectivity index (χ4v) is 1.54. The quantitative estimate of drug-likeness (QED) is 0.804. The smallest absolute Gasteiger partial charge is 0.119 e. The van der Waals surface area contributed by atoms with Crippen molar-refractivity contribution in [3.05, 3.63) is 29.8 Å². The van der Waals surface area contributed by atoms with Crippen LogP contribution in [-0.4, -0.2) is 6.10 Å². The average molecular weight is 207 g/mol. The lowest BCUT2D eigenvalue weighted by molar-refractivity contribution is 0.242. The minimum atomic E-state index is 0.156. The molecule has 15 heavy (non-hydrogen) atoms. The molecular weight excluding hydrogens is 186 g/mol. The number of benzene rings is 1. The molecule has 0 aliphatic rings. The summed E-state index contributed by atoms with van der Waals surface area (Å²) in [7, 11) is 0. The third-order valence-corrected chi connectivity index (χ3v) is 2.28. The van der Waals surface area contributed by atoms with E-state index in [1.807, 2.05) is 26.0 Å². The van der Waals surface area contributed by atoms with Crippen molar-refractivity contribution in [3.63, 3.8) is 0 Å². The Balaban J connectivity index is 2.63. The zero-order valence-corrected chi connectivity index (χ0v) is 9.86. The molecule has 0 saturated heterocycles. The maximum absolute atomic E-state index is 6.02. The summed E-state index contributed by atoms with van der Waals surface area (Å²) < 4.78 is 5.57. The van der Waals surface area contributed by atoms with Crippen molar-refractivity contribution in [1.82, 2.24) is 0 Å². The lowest BCUT2D eigenvalue weighted by atomic mass is 10.0. The lowest BCUT2D eigenvalue weighted by Gasteiger charge is -2.13. The maximum Gasteiger partial charge on any atom is 0.119 e. The fraction of sp³-hybridized carbons (Fsp3) is 0.538. The molecule has 2 heteroatoms. The predicted octanol–water partition coefficient (Wildman–Crippen LogP) is 3.27. The van der Waals surface area contributed by atoms with Crippen LogP contribution in [0, 0.1) is 0 Å². The molecule has 1 atom stereocenters. The van der Waals surface area contributed by atoms with Crippen LogP contribution in [0.25, 0.3) is 0 Å². The molecule has 84 valence electrons. The summed E-state index contributed by atoms with van der Waals surface area (Å²) in [6.07, 6.45) is 2.37. The molecule has 0 bridgehead atoms. The van der Waals surface area contributed by atoms with Crippen LogP contribution in [0.1, 0.15) is 45.2 Å². The van der Waals surface area contributed by atoms with Gasteiger partial charge in [-0.1, -0.05) is 25.5 Å². The summed E-state index contributed by atoms with van der Waals surface area (Å²) in [5.41, 5.74) is 7.20. The summed E-state index contributed by atoms with van der Waals surface area (Å²) in [4.78, 5) is 0. The predicted molar refractivity (Wildman–Crippen MR) is 64.0 cm³/mol. The van der Waals surface area contributed by atoms with E-state index in [1.165, 1.54) is 5.56 Å². The highest BCUT2D eigenvalue weighted by Crippen LogP contribution is 2.19. The SMILES string of the molecule is CCCC(N)c1ccc(OC(C)C)cc1. The topological polar surface area (TPSA) is 35.2 Å². The minimum Gasteiger partial charge on any atom is -0.491 e. The van der Waals surface area contributed by atoms with Gasteiger partial charge in [-0.05, 0) is 38.0 Å². The summed E-state index contributed by atoms with van der Waals surface area (Å²) in [6.45, 7) is 6.20. The van der Waals surface area contributed by atoms with Gasteiger partial charge in [-0.25, -0.2) is 0 Å². The van der Waals surface area contributed by atoms with Crippen LogP contribution >= 0.6 is 0 Å². The Morgan fingerprint density at radius 3 is 2.27 bits per heavy atom. The molecule has 2 N–H and O–H groups in total. The minimum absolute atomic E-state index is 0.156. The van der Waals surface area contributed by atoms with Gasteiger partial charge in [-0.15, -0.1) is 0 Å². The summed E-state index contributed by atoms with van der Waals surface area (Å²) >= 11 is 0. The third kappa shape index (κ3) is 3.92. The van der Waals surface area contributed by atoms with Gasteiger partial charge in [0.05, 0.1) is 6.10 Å². The van der Waals surface area contributed by atoms with Crippen LogP contribution in [0.4, 0.5) is 0 Å². The first-order valence-electron chi connectivity index (χ1n) is 5.65. The second-order valence-corrected chi connectivity index (χ2v) is 4.13. The Morgan fingerprint density at radius 2 is 1.80 bits per heavy atom. The number of hydrogen-bond donors (Lipinski definition) is 1. The first-order chi connectivity index (χ1) is 7.13. The van der Waals surface area contributed by atoms with E-state index in [0.717, 1.165) is 18.6 Å². The highest BCUT2D eigenvalue weighted by atomic mass is 16.5. The van der Waals surface area contributed by atoms with Gasteiger partial charge < -0.3 is 10.5 Å². The highest BCUT2D eigenvalue weighted by Gasteiger charge is 2.04. The molecule has 1 rings (SSSR count). The van der Waals surface area contributed by atoms with Crippen molar-refractivity contribution >= 4 is 0 Å². The molecular formula is C13H21NO. The van der Waals surface area contributed by atoms with E-state index in [4.69, 9.17) is 10.5 Å². The van der Waals surface area contributed by atoms with Crippen molar-refractivity contribution < 1.29 is 4.74 Å². The molecule has 2 nitrogen and oxygen atoms in total. The monoisotopic (exact) mass is 207 g/mol. The number of hydrogen-bond acceptors (Lipinski definition) is 2. The van der Waals surface area contributed by atoms with E-state index >= 15 is 0 Å². The largest absolute Gasteiger partial charge is 0.491 e. The summed E-state index contributed by atoms with van der Waals surface area (Å²) in [6, 6.07) is 8.24. The van der Waals surface area contributed by atoms with Gasteiger partial charge in [0.1, 0.15) is 5.75 Å². The van der Waals surface area contributed by atoms with Gasteiger partial charge in [-0.2, -0.15) is 0 Å². The van der Waals surface area contributed by atoms with Crippen molar-refractivity contribution in [3.8, 4) is 5.75 Å². The molecule has 0 heterocycles. The Kier molecular flexibility index (Phi) is 4.63. The van der Waals surface area contributed by atoms with Gasteiger partial charge in [-0.3, -0.25) is 0 Å². The second-order valence-electron chi connectivity index (χ2n) is 4.13. The fourth-order valence-electron chi connectivity index (χ4n) is 1.54. The number of nitrogens with two attached hydrogens (primary N) is 1. The molecule has 0 aliphatic carbocycles. The Labute approximate surface area is 92.4 Å². The van der Waals surface area contributed by atoms with E-state index in [1.54, 1.807) is 0 Å². The first-order valence-corrected chi connectivity index (χ1v) is 5.65.